The Morgan fingerprint density at radius 3 is 2.70 bits per heavy atom. The molecule has 1 aliphatic rings. The lowest BCUT2D eigenvalue weighted by Gasteiger charge is -2.37. The van der Waals surface area contributed by atoms with Gasteiger partial charge in [-0.2, -0.15) is 0 Å². The highest BCUT2D eigenvalue weighted by Gasteiger charge is 2.29. The molecule has 4 heteroatoms. The van der Waals surface area contributed by atoms with Gasteiger partial charge in [0.1, 0.15) is 5.82 Å². The molecule has 0 aliphatic carbocycles. The zero-order valence-electron chi connectivity index (χ0n) is 12.5. The van der Waals surface area contributed by atoms with Gasteiger partial charge in [0.15, 0.2) is 0 Å². The molecule has 1 aromatic carbocycles. The Morgan fingerprint density at radius 1 is 1.40 bits per heavy atom. The Balaban J connectivity index is 1.97. The van der Waals surface area contributed by atoms with E-state index in [9.17, 15) is 9.18 Å². The minimum Gasteiger partial charge on any atom is -0.351 e. The van der Waals surface area contributed by atoms with Crippen LogP contribution >= 0.6 is 0 Å². The van der Waals surface area contributed by atoms with Crippen molar-refractivity contribution >= 4 is 5.91 Å². The van der Waals surface area contributed by atoms with Gasteiger partial charge in [0, 0.05) is 6.54 Å². The molecule has 1 amide bonds. The first-order valence-electron chi connectivity index (χ1n) is 7.13. The van der Waals surface area contributed by atoms with Crippen LogP contribution in [-0.4, -0.2) is 37.5 Å². The molecule has 0 aromatic heterocycles. The first-order chi connectivity index (χ1) is 9.39. The average Bonchev–Trinajstić information content (AvgIpc) is 2.43. The molecule has 1 saturated heterocycles. The normalized spacial score (nSPS) is 18.8. The molecule has 3 nitrogen and oxygen atoms in total. The molecule has 1 fully saturated rings. The molecule has 1 aromatic rings. The molecule has 20 heavy (non-hydrogen) atoms. The van der Waals surface area contributed by atoms with Crippen LogP contribution in [0.4, 0.5) is 4.39 Å². The summed E-state index contributed by atoms with van der Waals surface area (Å²) < 4.78 is 13.7. The van der Waals surface area contributed by atoms with Gasteiger partial charge >= 0.3 is 0 Å². The Morgan fingerprint density at radius 2 is 2.05 bits per heavy atom. The van der Waals surface area contributed by atoms with Crippen LogP contribution in [0.2, 0.25) is 0 Å². The van der Waals surface area contributed by atoms with E-state index in [0.29, 0.717) is 6.54 Å². The minimum absolute atomic E-state index is 0.114. The van der Waals surface area contributed by atoms with Crippen LogP contribution in [0.25, 0.3) is 0 Å². The number of carbonyl (C=O) groups excluding carboxylic acids is 1. The second kappa shape index (κ2) is 5.92. The van der Waals surface area contributed by atoms with Crippen molar-refractivity contribution < 1.29 is 9.18 Å². The third kappa shape index (κ3) is 3.57. The topological polar surface area (TPSA) is 32.3 Å². The van der Waals surface area contributed by atoms with Crippen molar-refractivity contribution in [3.63, 3.8) is 0 Å². The molecular weight excluding hydrogens is 255 g/mol. The predicted molar refractivity (Wildman–Crippen MR) is 78.3 cm³/mol. The average molecular weight is 278 g/mol. The molecule has 0 atom stereocenters. The summed E-state index contributed by atoms with van der Waals surface area (Å²) in [4.78, 5) is 14.4. The maximum absolute atomic E-state index is 13.7. The number of halogens is 1. The molecule has 0 unspecified atom stereocenters. The van der Waals surface area contributed by atoms with Crippen LogP contribution in [0, 0.1) is 18.2 Å². The second-order valence-corrected chi connectivity index (χ2v) is 6.28. The van der Waals surface area contributed by atoms with E-state index in [-0.39, 0.29) is 16.9 Å². The van der Waals surface area contributed by atoms with Gasteiger partial charge in [-0.3, -0.25) is 4.79 Å². The van der Waals surface area contributed by atoms with Crippen molar-refractivity contribution in [3.05, 3.63) is 35.1 Å². The fraction of sp³-hybridized carbons (Fsp3) is 0.562. The van der Waals surface area contributed by atoms with Crippen LogP contribution in [0.15, 0.2) is 18.2 Å². The van der Waals surface area contributed by atoms with E-state index in [4.69, 9.17) is 0 Å². The lowest BCUT2D eigenvalue weighted by atomic mass is 9.80. The van der Waals surface area contributed by atoms with Crippen LogP contribution in [0.3, 0.4) is 0 Å². The van der Waals surface area contributed by atoms with Crippen molar-refractivity contribution in [2.24, 2.45) is 5.41 Å². The maximum atomic E-state index is 13.7. The first-order valence-corrected chi connectivity index (χ1v) is 7.13. The quantitative estimate of drug-likeness (QED) is 0.921. The summed E-state index contributed by atoms with van der Waals surface area (Å²) in [6.07, 6.45) is 2.11. The third-order valence-electron chi connectivity index (χ3n) is 4.24. The van der Waals surface area contributed by atoms with E-state index in [0.717, 1.165) is 31.5 Å². The second-order valence-electron chi connectivity index (χ2n) is 6.28. The molecule has 0 radical (unpaired) electrons. The molecule has 0 spiro atoms. The molecular formula is C16H23FN2O. The monoisotopic (exact) mass is 278 g/mol. The minimum atomic E-state index is -0.457. The highest BCUT2D eigenvalue weighted by atomic mass is 19.1. The number of nitrogens with zero attached hydrogens (tertiary/aromatic N) is 1. The molecule has 0 saturated carbocycles. The first kappa shape index (κ1) is 15.0. The van der Waals surface area contributed by atoms with Crippen LogP contribution in [-0.2, 0) is 0 Å². The number of likely N-dealkylation sites (tertiary alicyclic amines) is 1. The Hall–Kier alpha value is -1.42. The van der Waals surface area contributed by atoms with E-state index >= 15 is 0 Å². The molecule has 1 heterocycles. The standard InChI is InChI=1S/C16H23FN2O/c1-12-4-5-14(17)13(10-12)15(20)18-11-16(2)6-8-19(3)9-7-16/h4-5,10H,6-9,11H2,1-3H3,(H,18,20). The smallest absolute Gasteiger partial charge is 0.254 e. The maximum Gasteiger partial charge on any atom is 0.254 e. The van der Waals surface area contributed by atoms with E-state index in [1.54, 1.807) is 12.1 Å². The van der Waals surface area contributed by atoms with Crippen molar-refractivity contribution in [3.8, 4) is 0 Å². The van der Waals surface area contributed by atoms with E-state index in [1.807, 2.05) is 6.92 Å². The fourth-order valence-electron chi connectivity index (χ4n) is 2.54. The van der Waals surface area contributed by atoms with E-state index in [2.05, 4.69) is 24.2 Å². The van der Waals surface area contributed by atoms with E-state index in [1.165, 1.54) is 6.07 Å². The summed E-state index contributed by atoms with van der Waals surface area (Å²) in [5.74, 6) is -0.770. The van der Waals surface area contributed by atoms with Gasteiger partial charge in [-0.1, -0.05) is 18.6 Å². The summed E-state index contributed by atoms with van der Waals surface area (Å²) >= 11 is 0. The number of hydrogen-bond donors (Lipinski definition) is 1. The largest absolute Gasteiger partial charge is 0.351 e. The van der Waals surface area contributed by atoms with Crippen molar-refractivity contribution in [1.29, 1.82) is 0 Å². The lowest BCUT2D eigenvalue weighted by Crippen LogP contribution is -2.43. The number of amides is 1. The van der Waals surface area contributed by atoms with Gasteiger partial charge in [0.25, 0.3) is 5.91 Å². The molecule has 1 aliphatic heterocycles. The molecule has 2 rings (SSSR count). The highest BCUT2D eigenvalue weighted by molar-refractivity contribution is 5.94. The summed E-state index contributed by atoms with van der Waals surface area (Å²) in [5.41, 5.74) is 1.14. The number of benzene rings is 1. The number of piperidine rings is 1. The van der Waals surface area contributed by atoms with Gasteiger partial charge in [-0.15, -0.1) is 0 Å². The summed E-state index contributed by atoms with van der Waals surface area (Å²) in [6.45, 7) is 6.74. The van der Waals surface area contributed by atoms with Gasteiger partial charge in [-0.25, -0.2) is 4.39 Å². The third-order valence-corrected chi connectivity index (χ3v) is 4.24. The number of hydrogen-bond acceptors (Lipinski definition) is 2. The van der Waals surface area contributed by atoms with Crippen molar-refractivity contribution in [2.45, 2.75) is 26.7 Å². The van der Waals surface area contributed by atoms with Gasteiger partial charge in [0.2, 0.25) is 0 Å². The van der Waals surface area contributed by atoms with Gasteiger partial charge in [0.05, 0.1) is 5.56 Å². The highest BCUT2D eigenvalue weighted by Crippen LogP contribution is 2.29. The van der Waals surface area contributed by atoms with E-state index < -0.39 is 5.82 Å². The number of carbonyl (C=O) groups is 1. The van der Waals surface area contributed by atoms with Gasteiger partial charge in [-0.05, 0) is 57.5 Å². The molecule has 1 N–H and O–H groups in total. The number of aryl methyl sites for hydroxylation is 1. The molecule has 110 valence electrons. The predicted octanol–water partition coefficient (Wildman–Crippen LogP) is 2.60. The Labute approximate surface area is 120 Å². The van der Waals surface area contributed by atoms with Crippen LogP contribution in [0.1, 0.15) is 35.7 Å². The lowest BCUT2D eigenvalue weighted by molar-refractivity contribution is 0.0887. The van der Waals surface area contributed by atoms with Gasteiger partial charge < -0.3 is 10.2 Å². The Kier molecular flexibility index (Phi) is 4.43. The Bertz CT molecular complexity index is 493. The summed E-state index contributed by atoms with van der Waals surface area (Å²) in [6, 6.07) is 4.62. The number of rotatable bonds is 3. The summed E-state index contributed by atoms with van der Waals surface area (Å²) in [7, 11) is 2.11. The zero-order valence-corrected chi connectivity index (χ0v) is 12.5. The van der Waals surface area contributed by atoms with Crippen LogP contribution in [0.5, 0.6) is 0 Å². The van der Waals surface area contributed by atoms with Crippen LogP contribution < -0.4 is 5.32 Å². The van der Waals surface area contributed by atoms with Crippen molar-refractivity contribution in [1.82, 2.24) is 10.2 Å². The fourth-order valence-corrected chi connectivity index (χ4v) is 2.54. The number of nitrogens with one attached hydrogen (secondary N) is 1. The van der Waals surface area contributed by atoms with Crippen molar-refractivity contribution in [2.75, 3.05) is 26.7 Å². The summed E-state index contributed by atoms with van der Waals surface area (Å²) in [5, 5.41) is 2.89. The SMILES string of the molecule is Cc1ccc(F)c(C(=O)NCC2(C)CCN(C)CC2)c1. The zero-order chi connectivity index (χ0) is 14.8. The molecule has 0 bridgehead atoms.